The summed E-state index contributed by atoms with van der Waals surface area (Å²) in [5.41, 5.74) is 2.87. The molecule has 14 heavy (non-hydrogen) atoms. The van der Waals surface area contributed by atoms with E-state index in [9.17, 15) is 0 Å². The minimum Gasteiger partial charge on any atom is -0.497 e. The van der Waals surface area contributed by atoms with E-state index in [1.54, 1.807) is 7.11 Å². The number of fused-ring (bicyclic) bond motifs is 1. The summed E-state index contributed by atoms with van der Waals surface area (Å²) in [6, 6.07) is 6.25. The van der Waals surface area contributed by atoms with E-state index in [0.29, 0.717) is 0 Å². The van der Waals surface area contributed by atoms with E-state index < -0.39 is 0 Å². The van der Waals surface area contributed by atoms with Crippen molar-refractivity contribution in [2.45, 2.75) is 25.7 Å². The average molecular weight is 191 g/mol. The molecule has 0 aromatic heterocycles. The zero-order chi connectivity index (χ0) is 10.2. The standard InChI is InChI=1S/C12H17NO/c1-12(2)6-7-13-11-5-4-9(14-3)8-10(11)12/h4-5,8,13H,6-7H2,1-3H3. The van der Waals surface area contributed by atoms with Gasteiger partial charge in [0.25, 0.3) is 0 Å². The quantitative estimate of drug-likeness (QED) is 0.737. The number of methoxy groups -OCH3 is 1. The molecule has 2 heteroatoms. The lowest BCUT2D eigenvalue weighted by atomic mass is 9.78. The van der Waals surface area contributed by atoms with Crippen LogP contribution in [-0.4, -0.2) is 13.7 Å². The molecule has 1 aliphatic rings. The minimum atomic E-state index is 0.259. The molecule has 0 saturated heterocycles. The number of hydrogen-bond acceptors (Lipinski definition) is 2. The lowest BCUT2D eigenvalue weighted by Crippen LogP contribution is -2.28. The van der Waals surface area contributed by atoms with Gasteiger partial charge in [0.1, 0.15) is 5.75 Å². The largest absolute Gasteiger partial charge is 0.497 e. The van der Waals surface area contributed by atoms with Gasteiger partial charge in [-0.1, -0.05) is 13.8 Å². The zero-order valence-electron chi connectivity index (χ0n) is 9.05. The minimum absolute atomic E-state index is 0.259. The number of nitrogens with one attached hydrogen (secondary N) is 1. The highest BCUT2D eigenvalue weighted by atomic mass is 16.5. The number of anilines is 1. The molecule has 1 aliphatic heterocycles. The number of benzene rings is 1. The maximum Gasteiger partial charge on any atom is 0.119 e. The molecule has 2 rings (SSSR count). The summed E-state index contributed by atoms with van der Waals surface area (Å²) in [4.78, 5) is 0. The van der Waals surface area contributed by atoms with E-state index in [1.807, 2.05) is 6.07 Å². The van der Waals surface area contributed by atoms with E-state index in [4.69, 9.17) is 4.74 Å². The van der Waals surface area contributed by atoms with Crippen molar-refractivity contribution in [1.82, 2.24) is 0 Å². The van der Waals surface area contributed by atoms with Crippen molar-refractivity contribution in [3.8, 4) is 5.75 Å². The maximum atomic E-state index is 5.25. The Bertz CT molecular complexity index is 344. The SMILES string of the molecule is COc1ccc2c(c1)C(C)(C)CCN2. The van der Waals surface area contributed by atoms with Gasteiger partial charge < -0.3 is 10.1 Å². The molecule has 0 aliphatic carbocycles. The van der Waals surface area contributed by atoms with Crippen LogP contribution in [0.3, 0.4) is 0 Å². The highest BCUT2D eigenvalue weighted by Gasteiger charge is 2.27. The van der Waals surface area contributed by atoms with Crippen molar-refractivity contribution >= 4 is 5.69 Å². The zero-order valence-corrected chi connectivity index (χ0v) is 9.05. The normalized spacial score (nSPS) is 18.2. The van der Waals surface area contributed by atoms with Gasteiger partial charge in [0.2, 0.25) is 0 Å². The first-order chi connectivity index (χ1) is 6.63. The van der Waals surface area contributed by atoms with E-state index in [0.717, 1.165) is 12.3 Å². The molecular weight excluding hydrogens is 174 g/mol. The first-order valence-electron chi connectivity index (χ1n) is 5.06. The van der Waals surface area contributed by atoms with Crippen molar-refractivity contribution in [2.75, 3.05) is 19.0 Å². The molecule has 1 aromatic rings. The maximum absolute atomic E-state index is 5.25. The van der Waals surface area contributed by atoms with Gasteiger partial charge >= 0.3 is 0 Å². The van der Waals surface area contributed by atoms with Crippen molar-refractivity contribution in [2.24, 2.45) is 0 Å². The fourth-order valence-electron chi connectivity index (χ4n) is 2.01. The fourth-order valence-corrected chi connectivity index (χ4v) is 2.01. The molecule has 1 aromatic carbocycles. The highest BCUT2D eigenvalue weighted by Crippen LogP contribution is 2.38. The van der Waals surface area contributed by atoms with Gasteiger partial charge in [0, 0.05) is 12.2 Å². The average Bonchev–Trinajstić information content (AvgIpc) is 2.17. The Morgan fingerprint density at radius 2 is 2.14 bits per heavy atom. The van der Waals surface area contributed by atoms with Gasteiger partial charge in [-0.2, -0.15) is 0 Å². The smallest absolute Gasteiger partial charge is 0.119 e. The Labute approximate surface area is 85.3 Å². The van der Waals surface area contributed by atoms with Gasteiger partial charge in [0.05, 0.1) is 7.11 Å². The van der Waals surface area contributed by atoms with Crippen LogP contribution in [0, 0.1) is 0 Å². The van der Waals surface area contributed by atoms with E-state index in [-0.39, 0.29) is 5.41 Å². The van der Waals surface area contributed by atoms with Crippen LogP contribution in [0.1, 0.15) is 25.8 Å². The van der Waals surface area contributed by atoms with Crippen LogP contribution < -0.4 is 10.1 Å². The van der Waals surface area contributed by atoms with Crippen molar-refractivity contribution in [3.05, 3.63) is 23.8 Å². The van der Waals surface area contributed by atoms with Crippen molar-refractivity contribution in [3.63, 3.8) is 0 Å². The molecule has 1 heterocycles. The van der Waals surface area contributed by atoms with Crippen LogP contribution in [-0.2, 0) is 5.41 Å². The van der Waals surface area contributed by atoms with Gasteiger partial charge in [0.15, 0.2) is 0 Å². The molecule has 0 spiro atoms. The molecule has 0 saturated carbocycles. The second kappa shape index (κ2) is 3.19. The predicted octanol–water partition coefficient (Wildman–Crippen LogP) is 2.79. The third-order valence-corrected chi connectivity index (χ3v) is 3.02. The van der Waals surface area contributed by atoms with Gasteiger partial charge in [-0.15, -0.1) is 0 Å². The van der Waals surface area contributed by atoms with Crippen molar-refractivity contribution in [1.29, 1.82) is 0 Å². The Morgan fingerprint density at radius 3 is 2.86 bits per heavy atom. The molecule has 0 atom stereocenters. The van der Waals surface area contributed by atoms with Gasteiger partial charge in [-0.3, -0.25) is 0 Å². The highest BCUT2D eigenvalue weighted by molar-refractivity contribution is 5.59. The molecular formula is C12H17NO. The lowest BCUT2D eigenvalue weighted by molar-refractivity contribution is 0.410. The predicted molar refractivity (Wildman–Crippen MR) is 59.1 cm³/mol. The van der Waals surface area contributed by atoms with Crippen LogP contribution in [0.5, 0.6) is 5.75 Å². The lowest BCUT2D eigenvalue weighted by Gasteiger charge is -2.33. The van der Waals surface area contributed by atoms with Crippen LogP contribution in [0.25, 0.3) is 0 Å². The number of rotatable bonds is 1. The summed E-state index contributed by atoms with van der Waals surface area (Å²) < 4.78 is 5.25. The summed E-state index contributed by atoms with van der Waals surface area (Å²) in [5, 5.41) is 3.41. The monoisotopic (exact) mass is 191 g/mol. The second-order valence-electron chi connectivity index (χ2n) is 4.47. The molecule has 0 radical (unpaired) electrons. The second-order valence-corrected chi connectivity index (χ2v) is 4.47. The molecule has 76 valence electrons. The van der Waals surface area contributed by atoms with E-state index >= 15 is 0 Å². The fraction of sp³-hybridized carbons (Fsp3) is 0.500. The molecule has 1 N–H and O–H groups in total. The van der Waals surface area contributed by atoms with Crippen molar-refractivity contribution < 1.29 is 4.74 Å². The summed E-state index contributed by atoms with van der Waals surface area (Å²) in [5.74, 6) is 0.945. The van der Waals surface area contributed by atoms with Crippen LogP contribution in [0.15, 0.2) is 18.2 Å². The first kappa shape index (κ1) is 9.38. The van der Waals surface area contributed by atoms with E-state index in [2.05, 4.69) is 31.3 Å². The molecule has 0 fully saturated rings. The van der Waals surface area contributed by atoms with Gasteiger partial charge in [-0.25, -0.2) is 0 Å². The third kappa shape index (κ3) is 1.45. The molecule has 0 amide bonds. The van der Waals surface area contributed by atoms with Crippen LogP contribution in [0.2, 0.25) is 0 Å². The number of hydrogen-bond donors (Lipinski definition) is 1. The number of ether oxygens (including phenoxy) is 1. The Morgan fingerprint density at radius 1 is 1.36 bits per heavy atom. The Balaban J connectivity index is 2.49. The van der Waals surface area contributed by atoms with E-state index in [1.165, 1.54) is 17.7 Å². The Hall–Kier alpha value is -1.18. The topological polar surface area (TPSA) is 21.3 Å². The summed E-state index contributed by atoms with van der Waals surface area (Å²) in [6.45, 7) is 5.63. The van der Waals surface area contributed by atoms with Gasteiger partial charge in [-0.05, 0) is 35.6 Å². The van der Waals surface area contributed by atoms with Crippen LogP contribution in [0.4, 0.5) is 5.69 Å². The molecule has 0 bridgehead atoms. The third-order valence-electron chi connectivity index (χ3n) is 3.02. The van der Waals surface area contributed by atoms with Crippen LogP contribution >= 0.6 is 0 Å². The molecule has 0 unspecified atom stereocenters. The Kier molecular flexibility index (Phi) is 2.14. The first-order valence-corrected chi connectivity index (χ1v) is 5.06. The summed E-state index contributed by atoms with van der Waals surface area (Å²) in [7, 11) is 1.71. The summed E-state index contributed by atoms with van der Waals surface area (Å²) >= 11 is 0. The summed E-state index contributed by atoms with van der Waals surface area (Å²) in [6.07, 6.45) is 1.17. The molecule has 2 nitrogen and oxygen atoms in total.